The number of aliphatic hydroxyl groups is 1. The third-order valence-corrected chi connectivity index (χ3v) is 4.48. The van der Waals surface area contributed by atoms with E-state index in [0.717, 1.165) is 18.2 Å². The minimum Gasteiger partial charge on any atom is -0.490 e. The second kappa shape index (κ2) is 7.81. The van der Waals surface area contributed by atoms with Crippen LogP contribution in [0, 0.1) is 5.92 Å². The molecule has 1 fully saturated rings. The first-order chi connectivity index (χ1) is 10.1. The molecule has 1 aromatic rings. The third-order valence-electron chi connectivity index (χ3n) is 4.48. The molecule has 118 valence electrons. The van der Waals surface area contributed by atoms with Crippen LogP contribution in [0.5, 0.6) is 5.75 Å². The normalized spacial score (nSPS) is 24.0. The van der Waals surface area contributed by atoms with Crippen LogP contribution in [-0.2, 0) is 0 Å². The van der Waals surface area contributed by atoms with Crippen molar-refractivity contribution in [1.29, 1.82) is 0 Å². The number of nitrogens with one attached hydrogen (secondary N) is 1. The molecule has 2 rings (SSSR count). The molecule has 1 heterocycles. The molecule has 2 N–H and O–H groups in total. The zero-order valence-corrected chi connectivity index (χ0v) is 13.6. The van der Waals surface area contributed by atoms with Crippen LogP contribution >= 0.6 is 0 Å². The van der Waals surface area contributed by atoms with E-state index in [0.29, 0.717) is 12.5 Å². The maximum atomic E-state index is 10.2. The number of ether oxygens (including phenoxy) is 1. The SMILES string of the molecule is CC1CC[NH+](C[C@H](O)COc2ccccc2C(C)C)CC1. The summed E-state index contributed by atoms with van der Waals surface area (Å²) < 4.78 is 5.86. The first kappa shape index (κ1) is 16.3. The van der Waals surface area contributed by atoms with Gasteiger partial charge in [-0.25, -0.2) is 0 Å². The summed E-state index contributed by atoms with van der Waals surface area (Å²) in [6.45, 7) is 10.2. The highest BCUT2D eigenvalue weighted by Crippen LogP contribution is 2.25. The van der Waals surface area contributed by atoms with Crippen molar-refractivity contribution < 1.29 is 14.7 Å². The Morgan fingerprint density at radius 1 is 1.24 bits per heavy atom. The summed E-state index contributed by atoms with van der Waals surface area (Å²) in [6, 6.07) is 8.13. The van der Waals surface area contributed by atoms with Gasteiger partial charge in [0.1, 0.15) is 25.0 Å². The van der Waals surface area contributed by atoms with Crippen molar-refractivity contribution in [2.24, 2.45) is 5.92 Å². The van der Waals surface area contributed by atoms with Crippen molar-refractivity contribution >= 4 is 0 Å². The highest BCUT2D eigenvalue weighted by molar-refractivity contribution is 5.35. The van der Waals surface area contributed by atoms with Gasteiger partial charge in [0.05, 0.1) is 13.1 Å². The molecule has 1 atom stereocenters. The van der Waals surface area contributed by atoms with E-state index >= 15 is 0 Å². The number of rotatable bonds is 6. The quantitative estimate of drug-likeness (QED) is 0.839. The zero-order chi connectivity index (χ0) is 15.2. The first-order valence-corrected chi connectivity index (χ1v) is 8.29. The van der Waals surface area contributed by atoms with Gasteiger partial charge in [0.15, 0.2) is 0 Å². The van der Waals surface area contributed by atoms with Gasteiger partial charge in [0, 0.05) is 0 Å². The van der Waals surface area contributed by atoms with Crippen LogP contribution in [0.4, 0.5) is 0 Å². The molecule has 1 aliphatic rings. The predicted octanol–water partition coefficient (Wildman–Crippen LogP) is 1.86. The summed E-state index contributed by atoms with van der Waals surface area (Å²) in [5, 5.41) is 10.2. The Labute approximate surface area is 128 Å². The number of quaternary nitrogens is 1. The number of hydrogen-bond donors (Lipinski definition) is 2. The highest BCUT2D eigenvalue weighted by Gasteiger charge is 2.22. The Balaban J connectivity index is 1.80. The molecule has 0 unspecified atom stereocenters. The van der Waals surface area contributed by atoms with Gasteiger partial charge in [-0.3, -0.25) is 0 Å². The summed E-state index contributed by atoms with van der Waals surface area (Å²) in [5.41, 5.74) is 1.21. The molecule has 21 heavy (non-hydrogen) atoms. The van der Waals surface area contributed by atoms with Crippen molar-refractivity contribution in [3.8, 4) is 5.75 Å². The standard InChI is InChI=1S/C18H29NO2/c1-14(2)17-6-4-5-7-18(17)21-13-16(20)12-19-10-8-15(3)9-11-19/h4-7,14-16,20H,8-13H2,1-3H3/p+1/t16-/m0/s1. The number of likely N-dealkylation sites (tertiary alicyclic amines) is 1. The van der Waals surface area contributed by atoms with Crippen LogP contribution in [0.1, 0.15) is 45.1 Å². The van der Waals surface area contributed by atoms with Crippen LogP contribution in [0.15, 0.2) is 24.3 Å². The van der Waals surface area contributed by atoms with Crippen molar-refractivity contribution in [3.05, 3.63) is 29.8 Å². The Bertz CT molecular complexity index is 425. The summed E-state index contributed by atoms with van der Waals surface area (Å²) in [6.07, 6.45) is 2.17. The lowest BCUT2D eigenvalue weighted by molar-refractivity contribution is -0.909. The van der Waals surface area contributed by atoms with E-state index in [1.165, 1.54) is 36.4 Å². The molecule has 1 aromatic carbocycles. The van der Waals surface area contributed by atoms with E-state index in [9.17, 15) is 5.11 Å². The third kappa shape index (κ3) is 5.01. The molecule has 1 aliphatic heterocycles. The van der Waals surface area contributed by atoms with Crippen molar-refractivity contribution in [2.45, 2.75) is 45.6 Å². The van der Waals surface area contributed by atoms with E-state index < -0.39 is 0 Å². The second-order valence-electron chi connectivity index (χ2n) is 6.79. The second-order valence-corrected chi connectivity index (χ2v) is 6.79. The number of aliphatic hydroxyl groups excluding tert-OH is 1. The smallest absolute Gasteiger partial charge is 0.137 e. The minimum atomic E-state index is -0.381. The van der Waals surface area contributed by atoms with Crippen LogP contribution in [0.2, 0.25) is 0 Å². The number of hydrogen-bond acceptors (Lipinski definition) is 2. The molecule has 0 bridgehead atoms. The van der Waals surface area contributed by atoms with Crippen LogP contribution in [-0.4, -0.2) is 37.5 Å². The first-order valence-electron chi connectivity index (χ1n) is 8.29. The Hall–Kier alpha value is -1.06. The van der Waals surface area contributed by atoms with Crippen LogP contribution in [0.3, 0.4) is 0 Å². The highest BCUT2D eigenvalue weighted by atomic mass is 16.5. The molecule has 3 nitrogen and oxygen atoms in total. The zero-order valence-electron chi connectivity index (χ0n) is 13.6. The monoisotopic (exact) mass is 292 g/mol. The molecule has 0 aliphatic carbocycles. The molecule has 0 saturated carbocycles. The molecule has 0 spiro atoms. The van der Waals surface area contributed by atoms with Crippen LogP contribution < -0.4 is 9.64 Å². The lowest BCUT2D eigenvalue weighted by atomic mass is 9.99. The maximum Gasteiger partial charge on any atom is 0.137 e. The lowest BCUT2D eigenvalue weighted by Gasteiger charge is -2.28. The molecular weight excluding hydrogens is 262 g/mol. The molecular formula is C18H30NO2+. The Kier molecular flexibility index (Phi) is 6.07. The fourth-order valence-corrected chi connectivity index (χ4v) is 3.04. The summed E-state index contributed by atoms with van der Waals surface area (Å²) in [4.78, 5) is 1.52. The van der Waals surface area contributed by atoms with Crippen molar-refractivity contribution in [2.75, 3.05) is 26.2 Å². The maximum absolute atomic E-state index is 10.2. The average molecular weight is 292 g/mol. The van der Waals surface area contributed by atoms with Gasteiger partial charge in [-0.2, -0.15) is 0 Å². The summed E-state index contributed by atoms with van der Waals surface area (Å²) >= 11 is 0. The van der Waals surface area contributed by atoms with E-state index in [1.54, 1.807) is 0 Å². The Morgan fingerprint density at radius 3 is 2.57 bits per heavy atom. The lowest BCUT2D eigenvalue weighted by Crippen LogP contribution is -3.14. The van der Waals surface area contributed by atoms with Crippen LogP contribution in [0.25, 0.3) is 0 Å². The van der Waals surface area contributed by atoms with Gasteiger partial charge in [0.25, 0.3) is 0 Å². The van der Waals surface area contributed by atoms with Gasteiger partial charge >= 0.3 is 0 Å². The molecule has 0 aromatic heterocycles. The van der Waals surface area contributed by atoms with Crippen molar-refractivity contribution in [1.82, 2.24) is 0 Å². The number of para-hydroxylation sites is 1. The largest absolute Gasteiger partial charge is 0.490 e. The molecule has 1 saturated heterocycles. The van der Waals surface area contributed by atoms with E-state index in [-0.39, 0.29) is 6.10 Å². The summed E-state index contributed by atoms with van der Waals surface area (Å²) in [7, 11) is 0. The molecule has 0 radical (unpaired) electrons. The minimum absolute atomic E-state index is 0.381. The number of benzene rings is 1. The number of piperidine rings is 1. The van der Waals surface area contributed by atoms with Gasteiger partial charge < -0.3 is 14.7 Å². The van der Waals surface area contributed by atoms with Crippen molar-refractivity contribution in [3.63, 3.8) is 0 Å². The fourth-order valence-electron chi connectivity index (χ4n) is 3.04. The fraction of sp³-hybridized carbons (Fsp3) is 0.667. The average Bonchev–Trinajstić information content (AvgIpc) is 2.48. The van der Waals surface area contributed by atoms with Gasteiger partial charge in [-0.05, 0) is 36.3 Å². The van der Waals surface area contributed by atoms with Gasteiger partial charge in [-0.15, -0.1) is 0 Å². The Morgan fingerprint density at radius 2 is 1.90 bits per heavy atom. The summed E-state index contributed by atoms with van der Waals surface area (Å²) in [5.74, 6) is 2.20. The van der Waals surface area contributed by atoms with E-state index in [4.69, 9.17) is 4.74 Å². The molecule has 0 amide bonds. The van der Waals surface area contributed by atoms with E-state index in [1.807, 2.05) is 18.2 Å². The van der Waals surface area contributed by atoms with E-state index in [2.05, 4.69) is 26.8 Å². The predicted molar refractivity (Wildman–Crippen MR) is 86.0 cm³/mol. The molecule has 3 heteroatoms. The topological polar surface area (TPSA) is 33.9 Å². The van der Waals surface area contributed by atoms with Gasteiger partial charge in [-0.1, -0.05) is 39.0 Å². The van der Waals surface area contributed by atoms with Gasteiger partial charge in [0.2, 0.25) is 0 Å².